The van der Waals surface area contributed by atoms with Crippen molar-refractivity contribution in [2.24, 2.45) is 5.41 Å². The predicted octanol–water partition coefficient (Wildman–Crippen LogP) is 3.21. The van der Waals surface area contributed by atoms with Gasteiger partial charge >= 0.3 is 0 Å². The highest BCUT2D eigenvalue weighted by molar-refractivity contribution is 4.83. The van der Waals surface area contributed by atoms with E-state index in [4.69, 9.17) is 0 Å². The Labute approximate surface area is 133 Å². The standard InChI is InChI=1S/C18H39N3/c1-7-12-19-17(18(3,4)5)11-13-20(6)16-9-14-21(8-2)15-10-16/h16-17,19H,7-15H2,1-6H3. The third-order valence-electron chi connectivity index (χ3n) is 5.08. The van der Waals surface area contributed by atoms with Gasteiger partial charge in [-0.3, -0.25) is 0 Å². The number of hydrogen-bond donors (Lipinski definition) is 1. The smallest absolute Gasteiger partial charge is 0.0128 e. The normalized spacial score (nSPS) is 20.1. The van der Waals surface area contributed by atoms with Crippen LogP contribution in [0.25, 0.3) is 0 Å². The van der Waals surface area contributed by atoms with E-state index in [0.29, 0.717) is 11.5 Å². The van der Waals surface area contributed by atoms with E-state index in [1.54, 1.807) is 0 Å². The van der Waals surface area contributed by atoms with E-state index in [1.165, 1.54) is 51.9 Å². The molecule has 0 amide bonds. The van der Waals surface area contributed by atoms with Crippen LogP contribution in [0.2, 0.25) is 0 Å². The summed E-state index contributed by atoms with van der Waals surface area (Å²) in [4.78, 5) is 5.18. The average molecular weight is 298 g/mol. The Morgan fingerprint density at radius 2 is 1.81 bits per heavy atom. The van der Waals surface area contributed by atoms with E-state index >= 15 is 0 Å². The van der Waals surface area contributed by atoms with Crippen LogP contribution in [0.3, 0.4) is 0 Å². The molecule has 126 valence electrons. The molecule has 1 unspecified atom stereocenters. The maximum Gasteiger partial charge on any atom is 0.0128 e. The summed E-state index contributed by atoms with van der Waals surface area (Å²) in [5.41, 5.74) is 0.349. The fraction of sp³-hybridized carbons (Fsp3) is 1.00. The van der Waals surface area contributed by atoms with Gasteiger partial charge in [0.2, 0.25) is 0 Å². The summed E-state index contributed by atoms with van der Waals surface area (Å²) in [5, 5.41) is 3.75. The number of piperidine rings is 1. The number of nitrogens with one attached hydrogen (secondary N) is 1. The van der Waals surface area contributed by atoms with Gasteiger partial charge in [-0.05, 0) is 70.9 Å². The number of nitrogens with zero attached hydrogens (tertiary/aromatic N) is 2. The Hall–Kier alpha value is -0.120. The average Bonchev–Trinajstić information content (AvgIpc) is 2.45. The molecule has 0 aromatic carbocycles. The molecule has 0 aliphatic carbocycles. The molecule has 0 spiro atoms. The minimum Gasteiger partial charge on any atom is -0.313 e. The summed E-state index contributed by atoms with van der Waals surface area (Å²) < 4.78 is 0. The van der Waals surface area contributed by atoms with E-state index in [-0.39, 0.29) is 0 Å². The van der Waals surface area contributed by atoms with Crippen LogP contribution >= 0.6 is 0 Å². The summed E-state index contributed by atoms with van der Waals surface area (Å²) in [7, 11) is 2.33. The topological polar surface area (TPSA) is 18.5 Å². The van der Waals surface area contributed by atoms with E-state index in [9.17, 15) is 0 Å². The SMILES string of the molecule is CCCNC(CCN(C)C1CCN(CC)CC1)C(C)(C)C. The molecular weight excluding hydrogens is 258 g/mol. The Morgan fingerprint density at radius 1 is 1.19 bits per heavy atom. The van der Waals surface area contributed by atoms with Gasteiger partial charge in [-0.25, -0.2) is 0 Å². The summed E-state index contributed by atoms with van der Waals surface area (Å²) in [6.07, 6.45) is 5.16. The molecule has 1 aliphatic rings. The van der Waals surface area contributed by atoms with Crippen LogP contribution < -0.4 is 5.32 Å². The first-order valence-corrected chi connectivity index (χ1v) is 9.04. The lowest BCUT2D eigenvalue weighted by Crippen LogP contribution is -2.46. The third kappa shape index (κ3) is 6.66. The first-order chi connectivity index (χ1) is 9.88. The van der Waals surface area contributed by atoms with Crippen molar-refractivity contribution in [1.29, 1.82) is 0 Å². The summed E-state index contributed by atoms with van der Waals surface area (Å²) >= 11 is 0. The van der Waals surface area contributed by atoms with Crippen LogP contribution in [0.4, 0.5) is 0 Å². The zero-order valence-electron chi connectivity index (χ0n) is 15.4. The van der Waals surface area contributed by atoms with Gasteiger partial charge in [0.1, 0.15) is 0 Å². The maximum absolute atomic E-state index is 3.75. The van der Waals surface area contributed by atoms with Gasteiger partial charge in [-0.1, -0.05) is 34.6 Å². The van der Waals surface area contributed by atoms with Crippen molar-refractivity contribution in [3.8, 4) is 0 Å². The monoisotopic (exact) mass is 297 g/mol. The van der Waals surface area contributed by atoms with Crippen LogP contribution in [0.5, 0.6) is 0 Å². The molecule has 1 atom stereocenters. The van der Waals surface area contributed by atoms with E-state index in [2.05, 4.69) is 56.8 Å². The van der Waals surface area contributed by atoms with Crippen molar-refractivity contribution in [2.75, 3.05) is 39.8 Å². The number of rotatable bonds is 8. The number of likely N-dealkylation sites (tertiary alicyclic amines) is 1. The second-order valence-electron chi connectivity index (χ2n) is 7.81. The van der Waals surface area contributed by atoms with Crippen LogP contribution in [-0.2, 0) is 0 Å². The second kappa shape index (κ2) is 9.12. The van der Waals surface area contributed by atoms with Gasteiger partial charge in [0.15, 0.2) is 0 Å². The van der Waals surface area contributed by atoms with Gasteiger partial charge < -0.3 is 15.1 Å². The van der Waals surface area contributed by atoms with Crippen LogP contribution in [-0.4, -0.2) is 61.7 Å². The Kier molecular flexibility index (Phi) is 8.22. The van der Waals surface area contributed by atoms with Crippen molar-refractivity contribution in [2.45, 2.75) is 72.4 Å². The third-order valence-corrected chi connectivity index (χ3v) is 5.08. The van der Waals surface area contributed by atoms with E-state index in [0.717, 1.165) is 12.6 Å². The fourth-order valence-corrected chi connectivity index (χ4v) is 3.35. The molecule has 21 heavy (non-hydrogen) atoms. The maximum atomic E-state index is 3.75. The molecule has 0 aromatic rings. The first kappa shape index (κ1) is 18.9. The number of hydrogen-bond acceptors (Lipinski definition) is 3. The minimum atomic E-state index is 0.349. The van der Waals surface area contributed by atoms with Crippen molar-refractivity contribution in [1.82, 2.24) is 15.1 Å². The molecule has 0 bridgehead atoms. The van der Waals surface area contributed by atoms with Gasteiger partial charge in [0.05, 0.1) is 0 Å². The predicted molar refractivity (Wildman–Crippen MR) is 93.9 cm³/mol. The lowest BCUT2D eigenvalue weighted by atomic mass is 9.84. The molecule has 1 N–H and O–H groups in total. The van der Waals surface area contributed by atoms with Crippen molar-refractivity contribution in [3.63, 3.8) is 0 Å². The molecule has 3 heteroatoms. The molecule has 1 heterocycles. The Bertz CT molecular complexity index is 264. The molecule has 0 radical (unpaired) electrons. The van der Waals surface area contributed by atoms with Crippen LogP contribution in [0, 0.1) is 5.41 Å². The highest BCUT2D eigenvalue weighted by atomic mass is 15.2. The van der Waals surface area contributed by atoms with Gasteiger partial charge in [-0.2, -0.15) is 0 Å². The molecule has 0 saturated carbocycles. The van der Waals surface area contributed by atoms with Gasteiger partial charge in [0.25, 0.3) is 0 Å². The molecule has 1 rings (SSSR count). The van der Waals surface area contributed by atoms with Crippen LogP contribution in [0.1, 0.15) is 60.3 Å². The van der Waals surface area contributed by atoms with Crippen molar-refractivity contribution < 1.29 is 0 Å². The Balaban J connectivity index is 2.37. The first-order valence-electron chi connectivity index (χ1n) is 9.04. The van der Waals surface area contributed by atoms with Crippen molar-refractivity contribution >= 4 is 0 Å². The molecule has 1 saturated heterocycles. The molecular formula is C18H39N3. The van der Waals surface area contributed by atoms with Crippen molar-refractivity contribution in [3.05, 3.63) is 0 Å². The molecule has 1 fully saturated rings. The molecule has 3 nitrogen and oxygen atoms in total. The zero-order valence-corrected chi connectivity index (χ0v) is 15.4. The molecule has 0 aromatic heterocycles. The second-order valence-corrected chi connectivity index (χ2v) is 7.81. The largest absolute Gasteiger partial charge is 0.313 e. The fourth-order valence-electron chi connectivity index (χ4n) is 3.35. The van der Waals surface area contributed by atoms with Gasteiger partial charge in [-0.15, -0.1) is 0 Å². The Morgan fingerprint density at radius 3 is 2.29 bits per heavy atom. The zero-order chi connectivity index (χ0) is 15.9. The molecule has 1 aliphatic heterocycles. The highest BCUT2D eigenvalue weighted by Gasteiger charge is 2.26. The van der Waals surface area contributed by atoms with Gasteiger partial charge in [0, 0.05) is 12.1 Å². The van der Waals surface area contributed by atoms with E-state index < -0.39 is 0 Å². The quantitative estimate of drug-likeness (QED) is 0.742. The van der Waals surface area contributed by atoms with Crippen LogP contribution in [0.15, 0.2) is 0 Å². The lowest BCUT2D eigenvalue weighted by molar-refractivity contribution is 0.121. The van der Waals surface area contributed by atoms with E-state index in [1.807, 2.05) is 0 Å². The lowest BCUT2D eigenvalue weighted by Gasteiger charge is -2.38. The summed E-state index contributed by atoms with van der Waals surface area (Å²) in [5.74, 6) is 0. The minimum absolute atomic E-state index is 0.349. The highest BCUT2D eigenvalue weighted by Crippen LogP contribution is 2.23. The summed E-state index contributed by atoms with van der Waals surface area (Å²) in [6.45, 7) is 17.7. The summed E-state index contributed by atoms with van der Waals surface area (Å²) in [6, 6.07) is 1.41.